The maximum absolute atomic E-state index is 11.2. The maximum atomic E-state index is 11.2. The van der Waals surface area contributed by atoms with Gasteiger partial charge in [-0.1, -0.05) is 37.3 Å². The van der Waals surface area contributed by atoms with Crippen molar-refractivity contribution in [2.45, 2.75) is 38.2 Å². The van der Waals surface area contributed by atoms with Gasteiger partial charge < -0.3 is 14.9 Å². The molecule has 1 aromatic carbocycles. The minimum Gasteiger partial charge on any atom is -0.481 e. The molecule has 1 heterocycles. The van der Waals surface area contributed by atoms with Crippen molar-refractivity contribution < 1.29 is 19.7 Å². The maximum Gasteiger partial charge on any atom is 0.306 e. The molecule has 1 atom stereocenters. The van der Waals surface area contributed by atoms with Crippen molar-refractivity contribution in [3.8, 4) is 5.88 Å². The zero-order valence-corrected chi connectivity index (χ0v) is 14.0. The van der Waals surface area contributed by atoms with Gasteiger partial charge in [0.25, 0.3) is 0 Å². The quantitative estimate of drug-likeness (QED) is 0.778. The number of aromatic nitrogens is 1. The number of nitrogens with zero attached hydrogens (tertiary/aromatic N) is 1. The molecule has 0 aliphatic heterocycles. The molecule has 2 N–H and O–H groups in total. The number of benzene rings is 1. The van der Waals surface area contributed by atoms with E-state index < -0.39 is 11.6 Å². The summed E-state index contributed by atoms with van der Waals surface area (Å²) in [5.74, 6) is -0.607. The average Bonchev–Trinajstić information content (AvgIpc) is 2.59. The highest BCUT2D eigenvalue weighted by Crippen LogP contribution is 2.35. The molecule has 0 amide bonds. The van der Waals surface area contributed by atoms with Crippen LogP contribution in [0.25, 0.3) is 0 Å². The van der Waals surface area contributed by atoms with Crippen LogP contribution in [-0.4, -0.2) is 28.3 Å². The highest BCUT2D eigenvalue weighted by atomic mass is 16.5. The van der Waals surface area contributed by atoms with E-state index in [0.717, 1.165) is 17.5 Å². The monoisotopic (exact) mass is 329 g/mol. The second-order valence-corrected chi connectivity index (χ2v) is 5.79. The van der Waals surface area contributed by atoms with Gasteiger partial charge in [0.2, 0.25) is 5.88 Å². The van der Waals surface area contributed by atoms with Crippen molar-refractivity contribution in [1.82, 2.24) is 4.98 Å². The number of ether oxygens (including phenoxy) is 1. The molecular weight excluding hydrogens is 306 g/mol. The second kappa shape index (κ2) is 7.93. The molecule has 2 rings (SSSR count). The first-order valence-corrected chi connectivity index (χ1v) is 8.00. The molecule has 0 spiro atoms. The Morgan fingerprint density at radius 1 is 1.21 bits per heavy atom. The van der Waals surface area contributed by atoms with Crippen LogP contribution >= 0.6 is 0 Å². The number of aliphatic hydroxyl groups is 1. The zero-order chi connectivity index (χ0) is 17.6. The lowest BCUT2D eigenvalue weighted by Gasteiger charge is -2.28. The van der Waals surface area contributed by atoms with Crippen LogP contribution in [0.1, 0.15) is 36.5 Å². The van der Waals surface area contributed by atoms with Crippen LogP contribution in [-0.2, 0) is 23.2 Å². The summed E-state index contributed by atoms with van der Waals surface area (Å²) in [6.07, 6.45) is 2.85. The Morgan fingerprint density at radius 2 is 1.92 bits per heavy atom. The SMILES string of the molecule is CCC(O)(CC(=O)O)c1ccnc(OC)c1CCc1ccccc1. The summed E-state index contributed by atoms with van der Waals surface area (Å²) in [6, 6.07) is 11.7. The van der Waals surface area contributed by atoms with Crippen molar-refractivity contribution in [3.63, 3.8) is 0 Å². The molecule has 1 unspecified atom stereocenters. The summed E-state index contributed by atoms with van der Waals surface area (Å²) >= 11 is 0. The van der Waals surface area contributed by atoms with Gasteiger partial charge in [0.1, 0.15) is 5.60 Å². The number of rotatable bonds is 8. The van der Waals surface area contributed by atoms with Crippen LogP contribution in [0.4, 0.5) is 0 Å². The van der Waals surface area contributed by atoms with Crippen LogP contribution in [0.15, 0.2) is 42.6 Å². The van der Waals surface area contributed by atoms with Gasteiger partial charge in [-0.3, -0.25) is 4.79 Å². The Hall–Kier alpha value is -2.40. The van der Waals surface area contributed by atoms with Gasteiger partial charge >= 0.3 is 5.97 Å². The van der Waals surface area contributed by atoms with Crippen molar-refractivity contribution in [1.29, 1.82) is 0 Å². The summed E-state index contributed by atoms with van der Waals surface area (Å²) in [4.78, 5) is 15.4. The number of methoxy groups -OCH3 is 1. The first-order chi connectivity index (χ1) is 11.5. The summed E-state index contributed by atoms with van der Waals surface area (Å²) in [6.45, 7) is 1.77. The van der Waals surface area contributed by atoms with Gasteiger partial charge in [-0.15, -0.1) is 0 Å². The van der Waals surface area contributed by atoms with E-state index in [0.29, 0.717) is 24.3 Å². The number of aryl methyl sites for hydroxylation is 1. The number of hydrogen-bond donors (Lipinski definition) is 2. The molecule has 0 aliphatic carbocycles. The molecule has 2 aromatic rings. The highest BCUT2D eigenvalue weighted by molar-refractivity contribution is 5.69. The summed E-state index contributed by atoms with van der Waals surface area (Å²) < 4.78 is 5.35. The Kier molecular flexibility index (Phi) is 5.93. The summed E-state index contributed by atoms with van der Waals surface area (Å²) in [5, 5.41) is 20.1. The van der Waals surface area contributed by atoms with E-state index in [1.807, 2.05) is 30.3 Å². The van der Waals surface area contributed by atoms with Crippen molar-refractivity contribution in [3.05, 3.63) is 59.3 Å². The number of pyridine rings is 1. The van der Waals surface area contributed by atoms with Gasteiger partial charge in [0.15, 0.2) is 0 Å². The number of aliphatic carboxylic acids is 1. The lowest BCUT2D eigenvalue weighted by molar-refractivity contribution is -0.143. The number of hydrogen-bond acceptors (Lipinski definition) is 4. The first-order valence-electron chi connectivity index (χ1n) is 8.00. The normalized spacial score (nSPS) is 13.3. The minimum absolute atomic E-state index is 0.296. The molecule has 1 aromatic heterocycles. The molecular formula is C19H23NO4. The second-order valence-electron chi connectivity index (χ2n) is 5.79. The Labute approximate surface area is 141 Å². The molecule has 5 nitrogen and oxygen atoms in total. The molecule has 0 radical (unpaired) electrons. The molecule has 24 heavy (non-hydrogen) atoms. The van der Waals surface area contributed by atoms with Crippen LogP contribution in [0.5, 0.6) is 5.88 Å². The number of carboxylic acids is 1. The third-order valence-electron chi connectivity index (χ3n) is 4.25. The molecule has 0 fully saturated rings. The standard InChI is InChI=1S/C19H23NO4/c1-3-19(23,13-17(21)22)16-11-12-20-18(24-2)15(16)10-9-14-7-5-4-6-8-14/h4-8,11-12,23H,3,9-10,13H2,1-2H3,(H,21,22). The number of carbonyl (C=O) groups is 1. The van der Waals surface area contributed by atoms with Crippen LogP contribution < -0.4 is 4.74 Å². The van der Waals surface area contributed by atoms with E-state index in [9.17, 15) is 9.90 Å². The van der Waals surface area contributed by atoms with Crippen LogP contribution in [0.2, 0.25) is 0 Å². The lowest BCUT2D eigenvalue weighted by atomic mass is 9.84. The van der Waals surface area contributed by atoms with Gasteiger partial charge in [0, 0.05) is 11.8 Å². The zero-order valence-electron chi connectivity index (χ0n) is 14.0. The third kappa shape index (κ3) is 4.11. The van der Waals surface area contributed by atoms with Crippen LogP contribution in [0, 0.1) is 0 Å². The van der Waals surface area contributed by atoms with Crippen LogP contribution in [0.3, 0.4) is 0 Å². The summed E-state index contributed by atoms with van der Waals surface area (Å²) in [7, 11) is 1.53. The van der Waals surface area contributed by atoms with Gasteiger partial charge in [-0.25, -0.2) is 4.98 Å². The van der Waals surface area contributed by atoms with E-state index >= 15 is 0 Å². The molecule has 0 bridgehead atoms. The predicted molar refractivity (Wildman–Crippen MR) is 91.1 cm³/mol. The fraction of sp³-hybridized carbons (Fsp3) is 0.368. The Bertz CT molecular complexity index is 687. The molecule has 128 valence electrons. The Balaban J connectivity index is 2.39. The van der Waals surface area contributed by atoms with Gasteiger partial charge in [0.05, 0.1) is 13.5 Å². The fourth-order valence-electron chi connectivity index (χ4n) is 2.90. The summed E-state index contributed by atoms with van der Waals surface area (Å²) in [5.41, 5.74) is 1.06. The van der Waals surface area contributed by atoms with E-state index in [-0.39, 0.29) is 6.42 Å². The van der Waals surface area contributed by atoms with Gasteiger partial charge in [-0.2, -0.15) is 0 Å². The average molecular weight is 329 g/mol. The largest absolute Gasteiger partial charge is 0.481 e. The van der Waals surface area contributed by atoms with Crippen molar-refractivity contribution in [2.75, 3.05) is 7.11 Å². The third-order valence-corrected chi connectivity index (χ3v) is 4.25. The van der Waals surface area contributed by atoms with Gasteiger partial charge in [-0.05, 0) is 36.5 Å². The van der Waals surface area contributed by atoms with E-state index in [1.165, 1.54) is 7.11 Å². The molecule has 5 heteroatoms. The smallest absolute Gasteiger partial charge is 0.306 e. The number of carboxylic acid groups (broad SMARTS) is 1. The topological polar surface area (TPSA) is 79.7 Å². The van der Waals surface area contributed by atoms with Crippen molar-refractivity contribution in [2.24, 2.45) is 0 Å². The molecule has 0 aliphatic rings. The fourth-order valence-corrected chi connectivity index (χ4v) is 2.90. The molecule has 0 saturated carbocycles. The predicted octanol–water partition coefficient (Wildman–Crippen LogP) is 2.95. The molecule has 0 saturated heterocycles. The lowest BCUT2D eigenvalue weighted by Crippen LogP contribution is -2.30. The van der Waals surface area contributed by atoms with E-state index in [1.54, 1.807) is 19.2 Å². The van der Waals surface area contributed by atoms with Crippen molar-refractivity contribution >= 4 is 5.97 Å². The minimum atomic E-state index is -1.44. The first kappa shape index (κ1) is 17.9. The van der Waals surface area contributed by atoms with E-state index in [2.05, 4.69) is 4.98 Å². The van der Waals surface area contributed by atoms with E-state index in [4.69, 9.17) is 9.84 Å². The Morgan fingerprint density at radius 3 is 2.50 bits per heavy atom. The highest BCUT2D eigenvalue weighted by Gasteiger charge is 2.33.